The molecule has 0 aliphatic carbocycles. The summed E-state index contributed by atoms with van der Waals surface area (Å²) < 4.78 is 18.3. The van der Waals surface area contributed by atoms with Crippen molar-refractivity contribution in [2.45, 2.75) is 33.1 Å². The summed E-state index contributed by atoms with van der Waals surface area (Å²) in [5, 5.41) is 0. The Hall–Kier alpha value is -1.46. The number of ether oxygens (including phenoxy) is 3. The molecule has 0 unspecified atom stereocenters. The highest BCUT2D eigenvalue weighted by Gasteiger charge is 2.20. The fourth-order valence-electron chi connectivity index (χ4n) is 2.39. The summed E-state index contributed by atoms with van der Waals surface area (Å²) in [7, 11) is 0. The van der Waals surface area contributed by atoms with Crippen molar-refractivity contribution in [1.29, 1.82) is 0 Å². The Morgan fingerprint density at radius 3 is 2.12 bits per heavy atom. The van der Waals surface area contributed by atoms with Crippen molar-refractivity contribution in [2.75, 3.05) is 13.2 Å². The molecule has 2 rings (SSSR count). The van der Waals surface area contributed by atoms with Crippen LogP contribution < -0.4 is 14.2 Å². The van der Waals surface area contributed by atoms with Crippen LogP contribution in [0.25, 0.3) is 0 Å². The topological polar surface area (TPSA) is 27.7 Å². The second-order valence-corrected chi connectivity index (χ2v) is 9.49. The summed E-state index contributed by atoms with van der Waals surface area (Å²) in [4.78, 5) is 0. The van der Waals surface area contributed by atoms with E-state index in [0.29, 0.717) is 13.2 Å². The molecule has 0 bridgehead atoms. The van der Waals surface area contributed by atoms with Crippen molar-refractivity contribution in [3.63, 3.8) is 0 Å². The van der Waals surface area contributed by atoms with Gasteiger partial charge >= 0.3 is 0 Å². The molecule has 0 aliphatic heterocycles. The largest absolute Gasteiger partial charge is 0.494 e. The van der Waals surface area contributed by atoms with E-state index in [1.807, 2.05) is 55.5 Å². The minimum absolute atomic E-state index is 0.0666. The Morgan fingerprint density at radius 1 is 0.923 bits per heavy atom. The Morgan fingerprint density at radius 2 is 1.54 bits per heavy atom. The first-order chi connectivity index (χ1) is 12.3. The lowest BCUT2D eigenvalue weighted by molar-refractivity contribution is 0.339. The number of halogens is 2. The van der Waals surface area contributed by atoms with Gasteiger partial charge in [-0.1, -0.05) is 20.8 Å². The van der Waals surface area contributed by atoms with Gasteiger partial charge in [0.2, 0.25) is 0 Å². The normalized spacial score (nSPS) is 11.0. The van der Waals surface area contributed by atoms with Crippen molar-refractivity contribution >= 4 is 31.9 Å². The van der Waals surface area contributed by atoms with Gasteiger partial charge in [-0.05, 0) is 92.7 Å². The minimum atomic E-state index is -0.0666. The second-order valence-electron chi connectivity index (χ2n) is 6.72. The Balaban J connectivity index is 2.20. The van der Waals surface area contributed by atoms with Gasteiger partial charge < -0.3 is 14.2 Å². The molecule has 0 saturated carbocycles. The SMILES string of the molecule is CCOc1ccc(Oc2ccc(OCC=C(Br)Br)c(C(C)(C)C)c2)cc1. The predicted molar refractivity (Wildman–Crippen MR) is 114 cm³/mol. The monoisotopic (exact) mass is 482 g/mol. The van der Waals surface area contributed by atoms with E-state index in [0.717, 1.165) is 32.0 Å². The maximum atomic E-state index is 6.01. The van der Waals surface area contributed by atoms with Gasteiger partial charge in [0.15, 0.2) is 0 Å². The van der Waals surface area contributed by atoms with Crippen molar-refractivity contribution in [1.82, 2.24) is 0 Å². The first-order valence-corrected chi connectivity index (χ1v) is 10.1. The smallest absolute Gasteiger partial charge is 0.127 e. The highest BCUT2D eigenvalue weighted by Crippen LogP contribution is 2.36. The van der Waals surface area contributed by atoms with E-state index >= 15 is 0 Å². The number of hydrogen-bond acceptors (Lipinski definition) is 3. The molecule has 0 radical (unpaired) electrons. The van der Waals surface area contributed by atoms with E-state index in [1.54, 1.807) is 0 Å². The van der Waals surface area contributed by atoms with Crippen LogP contribution in [0.5, 0.6) is 23.0 Å². The van der Waals surface area contributed by atoms with Crippen LogP contribution >= 0.6 is 31.9 Å². The van der Waals surface area contributed by atoms with E-state index in [4.69, 9.17) is 14.2 Å². The second kappa shape index (κ2) is 9.47. The number of rotatable bonds is 7. The molecule has 5 heteroatoms. The Bertz CT molecular complexity index is 743. The molecule has 0 spiro atoms. The average Bonchev–Trinajstić information content (AvgIpc) is 2.57. The van der Waals surface area contributed by atoms with Gasteiger partial charge in [0, 0.05) is 5.56 Å². The van der Waals surface area contributed by atoms with Gasteiger partial charge in [0.1, 0.15) is 29.6 Å². The van der Waals surface area contributed by atoms with Crippen molar-refractivity contribution < 1.29 is 14.2 Å². The molecular weight excluding hydrogens is 460 g/mol. The molecule has 0 heterocycles. The summed E-state index contributed by atoms with van der Waals surface area (Å²) >= 11 is 6.68. The van der Waals surface area contributed by atoms with Crippen LogP contribution in [0.2, 0.25) is 0 Å². The van der Waals surface area contributed by atoms with E-state index < -0.39 is 0 Å². The lowest BCUT2D eigenvalue weighted by Gasteiger charge is -2.23. The van der Waals surface area contributed by atoms with Crippen LogP contribution in [-0.2, 0) is 5.41 Å². The van der Waals surface area contributed by atoms with Crippen molar-refractivity contribution in [3.8, 4) is 23.0 Å². The fraction of sp³-hybridized carbons (Fsp3) is 0.333. The van der Waals surface area contributed by atoms with Crippen LogP contribution in [0.3, 0.4) is 0 Å². The van der Waals surface area contributed by atoms with Gasteiger partial charge in [-0.2, -0.15) is 0 Å². The lowest BCUT2D eigenvalue weighted by Crippen LogP contribution is -2.13. The van der Waals surface area contributed by atoms with Crippen LogP contribution in [0.1, 0.15) is 33.3 Å². The van der Waals surface area contributed by atoms with E-state index in [1.165, 1.54) is 0 Å². The van der Waals surface area contributed by atoms with Gasteiger partial charge in [0.05, 0.1) is 10.00 Å². The lowest BCUT2D eigenvalue weighted by atomic mass is 9.86. The summed E-state index contributed by atoms with van der Waals surface area (Å²) in [6, 6.07) is 13.6. The van der Waals surface area contributed by atoms with E-state index in [-0.39, 0.29) is 5.41 Å². The third kappa shape index (κ3) is 6.36. The Labute approximate surface area is 172 Å². The highest BCUT2D eigenvalue weighted by atomic mass is 79.9. The highest BCUT2D eigenvalue weighted by molar-refractivity contribution is 9.28. The van der Waals surface area contributed by atoms with Crippen molar-refractivity contribution in [3.05, 3.63) is 57.5 Å². The predicted octanol–water partition coefficient (Wildman–Crippen LogP) is 7.19. The van der Waals surface area contributed by atoms with Crippen LogP contribution in [0.4, 0.5) is 0 Å². The Kier molecular flexibility index (Phi) is 7.59. The van der Waals surface area contributed by atoms with Gasteiger partial charge in [0.25, 0.3) is 0 Å². The number of benzene rings is 2. The molecule has 2 aromatic carbocycles. The molecule has 26 heavy (non-hydrogen) atoms. The molecule has 0 amide bonds. The molecule has 0 aromatic heterocycles. The van der Waals surface area contributed by atoms with Crippen LogP contribution in [0, 0.1) is 0 Å². The maximum absolute atomic E-state index is 6.01. The molecule has 3 nitrogen and oxygen atoms in total. The van der Waals surface area contributed by atoms with E-state index in [2.05, 4.69) is 52.6 Å². The standard InChI is InChI=1S/C21H24Br2O3/c1-5-24-15-6-8-16(9-7-15)26-17-10-11-19(25-13-12-20(22)23)18(14-17)21(2,3)4/h6-12,14H,5,13H2,1-4H3. The van der Waals surface area contributed by atoms with Crippen LogP contribution in [0.15, 0.2) is 51.9 Å². The van der Waals surface area contributed by atoms with Crippen LogP contribution in [-0.4, -0.2) is 13.2 Å². The summed E-state index contributed by atoms with van der Waals surface area (Å²) in [6.07, 6.45) is 1.91. The van der Waals surface area contributed by atoms with E-state index in [9.17, 15) is 0 Å². The van der Waals surface area contributed by atoms with Gasteiger partial charge in [-0.3, -0.25) is 0 Å². The third-order valence-corrected chi connectivity index (χ3v) is 4.25. The summed E-state index contributed by atoms with van der Waals surface area (Å²) in [5.41, 5.74) is 1.03. The quantitative estimate of drug-likeness (QED) is 0.417. The zero-order valence-corrected chi connectivity index (χ0v) is 18.7. The average molecular weight is 484 g/mol. The fourth-order valence-corrected chi connectivity index (χ4v) is 2.65. The molecule has 0 saturated heterocycles. The molecular formula is C21H24Br2O3. The maximum Gasteiger partial charge on any atom is 0.127 e. The third-order valence-electron chi connectivity index (χ3n) is 3.61. The zero-order chi connectivity index (χ0) is 19.2. The summed E-state index contributed by atoms with van der Waals surface area (Å²) in [6.45, 7) is 9.57. The van der Waals surface area contributed by atoms with Gasteiger partial charge in [-0.25, -0.2) is 0 Å². The zero-order valence-electron chi connectivity index (χ0n) is 15.5. The molecule has 0 atom stereocenters. The first kappa shape index (κ1) is 20.8. The molecule has 0 N–H and O–H groups in total. The molecule has 2 aromatic rings. The first-order valence-electron chi connectivity index (χ1n) is 8.49. The van der Waals surface area contributed by atoms with Crippen molar-refractivity contribution in [2.24, 2.45) is 0 Å². The minimum Gasteiger partial charge on any atom is -0.494 e. The molecule has 140 valence electrons. The molecule has 0 fully saturated rings. The summed E-state index contributed by atoms with van der Waals surface area (Å²) in [5.74, 6) is 3.25. The number of hydrogen-bond donors (Lipinski definition) is 0. The molecule has 0 aliphatic rings. The van der Waals surface area contributed by atoms with Gasteiger partial charge in [-0.15, -0.1) is 0 Å².